The zero-order valence-corrected chi connectivity index (χ0v) is 15.5. The molecule has 4 nitrogen and oxygen atoms in total. The van der Waals surface area contributed by atoms with Gasteiger partial charge in [0.2, 0.25) is 5.91 Å². The molecule has 0 bridgehead atoms. The number of likely N-dealkylation sites (N-methyl/N-ethyl adjacent to an activating group) is 1. The molecule has 0 aliphatic carbocycles. The van der Waals surface area contributed by atoms with E-state index in [9.17, 15) is 4.79 Å². The molecule has 2 aromatic rings. The largest absolute Gasteiger partial charge is 0.341 e. The first-order valence-corrected chi connectivity index (χ1v) is 9.34. The highest BCUT2D eigenvalue weighted by molar-refractivity contribution is 7.12. The highest BCUT2D eigenvalue weighted by Crippen LogP contribution is 2.29. The lowest BCUT2D eigenvalue weighted by Crippen LogP contribution is -2.35. The summed E-state index contributed by atoms with van der Waals surface area (Å²) in [4.78, 5) is 22.8. The van der Waals surface area contributed by atoms with Crippen LogP contribution < -0.4 is 0 Å². The number of aryl methyl sites for hydroxylation is 2. The van der Waals surface area contributed by atoms with Crippen LogP contribution in [0.3, 0.4) is 0 Å². The standard InChI is InChI=1S/C19H25N3OS/c1-14-5-7-16(8-6-14)19-17(24-15(2)20-19)13-18(23)22-10-4-9-21(3)11-12-22/h5-8H,4,9-13H2,1-3H3. The molecular weight excluding hydrogens is 318 g/mol. The lowest BCUT2D eigenvalue weighted by atomic mass is 10.1. The number of carbonyl (C=O) groups excluding carboxylic acids is 1. The smallest absolute Gasteiger partial charge is 0.227 e. The minimum absolute atomic E-state index is 0.224. The molecule has 24 heavy (non-hydrogen) atoms. The Morgan fingerprint density at radius 3 is 2.62 bits per heavy atom. The van der Waals surface area contributed by atoms with Crippen LogP contribution in [0.25, 0.3) is 11.3 Å². The molecule has 1 aliphatic heterocycles. The Hall–Kier alpha value is -1.72. The molecule has 5 heteroatoms. The second-order valence-corrected chi connectivity index (χ2v) is 7.87. The van der Waals surface area contributed by atoms with Crippen molar-refractivity contribution in [3.63, 3.8) is 0 Å². The summed E-state index contributed by atoms with van der Waals surface area (Å²) in [5.41, 5.74) is 3.30. The number of aromatic nitrogens is 1. The summed E-state index contributed by atoms with van der Waals surface area (Å²) in [6, 6.07) is 8.39. The van der Waals surface area contributed by atoms with Crippen molar-refractivity contribution in [3.8, 4) is 11.3 Å². The molecule has 1 saturated heterocycles. The minimum Gasteiger partial charge on any atom is -0.341 e. The van der Waals surface area contributed by atoms with E-state index in [4.69, 9.17) is 0 Å². The van der Waals surface area contributed by atoms with Gasteiger partial charge in [0.25, 0.3) is 0 Å². The Morgan fingerprint density at radius 2 is 1.88 bits per heavy atom. The highest BCUT2D eigenvalue weighted by atomic mass is 32.1. The van der Waals surface area contributed by atoms with Crippen LogP contribution in [0.1, 0.15) is 21.9 Å². The topological polar surface area (TPSA) is 36.4 Å². The van der Waals surface area contributed by atoms with E-state index in [1.807, 2.05) is 11.8 Å². The third-order valence-corrected chi connectivity index (χ3v) is 5.48. The SMILES string of the molecule is Cc1ccc(-c2nc(C)sc2CC(=O)N2CCCN(C)CC2)cc1. The number of amides is 1. The van der Waals surface area contributed by atoms with Gasteiger partial charge in [0.05, 0.1) is 17.1 Å². The van der Waals surface area contributed by atoms with Gasteiger partial charge in [-0.2, -0.15) is 0 Å². The molecular formula is C19H25N3OS. The third-order valence-electron chi connectivity index (χ3n) is 4.51. The van der Waals surface area contributed by atoms with Crippen LogP contribution >= 0.6 is 11.3 Å². The van der Waals surface area contributed by atoms with Crippen molar-refractivity contribution in [2.75, 3.05) is 33.2 Å². The lowest BCUT2D eigenvalue weighted by molar-refractivity contribution is -0.130. The predicted octanol–water partition coefficient (Wildman–Crippen LogP) is 3.13. The molecule has 0 saturated carbocycles. The first-order chi connectivity index (χ1) is 11.5. The number of hydrogen-bond donors (Lipinski definition) is 0. The number of nitrogens with zero attached hydrogens (tertiary/aromatic N) is 3. The molecule has 128 valence electrons. The predicted molar refractivity (Wildman–Crippen MR) is 99.4 cm³/mol. The molecule has 2 heterocycles. The molecule has 0 unspecified atom stereocenters. The normalized spacial score (nSPS) is 16.2. The van der Waals surface area contributed by atoms with Crippen LogP contribution in [0, 0.1) is 13.8 Å². The molecule has 1 aromatic carbocycles. The summed E-state index contributed by atoms with van der Waals surface area (Å²) in [7, 11) is 2.12. The Bertz CT molecular complexity index is 708. The summed E-state index contributed by atoms with van der Waals surface area (Å²) < 4.78 is 0. The van der Waals surface area contributed by atoms with E-state index in [1.165, 1.54) is 5.56 Å². The minimum atomic E-state index is 0.224. The molecule has 1 aliphatic rings. The van der Waals surface area contributed by atoms with Gasteiger partial charge in [0.15, 0.2) is 0 Å². The fourth-order valence-corrected chi connectivity index (χ4v) is 4.02. The molecule has 3 rings (SSSR count). The third kappa shape index (κ3) is 4.02. The van der Waals surface area contributed by atoms with Crippen LogP contribution in [0.4, 0.5) is 0 Å². The summed E-state index contributed by atoms with van der Waals surface area (Å²) >= 11 is 1.64. The van der Waals surface area contributed by atoms with E-state index in [0.717, 1.165) is 53.7 Å². The van der Waals surface area contributed by atoms with Crippen LogP contribution in [0.2, 0.25) is 0 Å². The number of rotatable bonds is 3. The van der Waals surface area contributed by atoms with Crippen LogP contribution in [-0.4, -0.2) is 53.9 Å². The van der Waals surface area contributed by atoms with Crippen LogP contribution in [0.15, 0.2) is 24.3 Å². The molecule has 0 spiro atoms. The average Bonchev–Trinajstić information content (AvgIpc) is 2.77. The fourth-order valence-electron chi connectivity index (χ4n) is 3.07. The van der Waals surface area contributed by atoms with Gasteiger partial charge in [-0.25, -0.2) is 4.98 Å². The monoisotopic (exact) mass is 343 g/mol. The van der Waals surface area contributed by atoms with E-state index in [1.54, 1.807) is 11.3 Å². The fraction of sp³-hybridized carbons (Fsp3) is 0.474. The van der Waals surface area contributed by atoms with Gasteiger partial charge in [-0.05, 0) is 33.9 Å². The maximum absolute atomic E-state index is 12.8. The van der Waals surface area contributed by atoms with Crippen molar-refractivity contribution in [1.29, 1.82) is 0 Å². The van der Waals surface area contributed by atoms with Crippen molar-refractivity contribution in [2.45, 2.75) is 26.7 Å². The van der Waals surface area contributed by atoms with Crippen LogP contribution in [0.5, 0.6) is 0 Å². The molecule has 0 N–H and O–H groups in total. The second-order valence-electron chi connectivity index (χ2n) is 6.59. The number of carbonyl (C=O) groups is 1. The Balaban J connectivity index is 1.77. The van der Waals surface area contributed by atoms with Crippen LogP contribution in [-0.2, 0) is 11.2 Å². The molecule has 0 radical (unpaired) electrons. The number of benzene rings is 1. The zero-order chi connectivity index (χ0) is 17.1. The molecule has 1 fully saturated rings. The highest BCUT2D eigenvalue weighted by Gasteiger charge is 2.21. The lowest BCUT2D eigenvalue weighted by Gasteiger charge is -2.20. The van der Waals surface area contributed by atoms with Gasteiger partial charge in [0, 0.05) is 30.1 Å². The van der Waals surface area contributed by atoms with Gasteiger partial charge < -0.3 is 9.80 Å². The maximum Gasteiger partial charge on any atom is 0.227 e. The van der Waals surface area contributed by atoms with Gasteiger partial charge in [-0.15, -0.1) is 11.3 Å². The van der Waals surface area contributed by atoms with E-state index in [2.05, 4.69) is 48.1 Å². The van der Waals surface area contributed by atoms with Crippen molar-refractivity contribution in [1.82, 2.24) is 14.8 Å². The average molecular weight is 343 g/mol. The summed E-state index contributed by atoms with van der Waals surface area (Å²) in [6.45, 7) is 7.80. The van der Waals surface area contributed by atoms with Gasteiger partial charge >= 0.3 is 0 Å². The number of hydrogen-bond acceptors (Lipinski definition) is 4. The maximum atomic E-state index is 12.8. The molecule has 1 aromatic heterocycles. The quantitative estimate of drug-likeness (QED) is 0.859. The van der Waals surface area contributed by atoms with E-state index < -0.39 is 0 Å². The first-order valence-electron chi connectivity index (χ1n) is 8.52. The first kappa shape index (κ1) is 17.1. The van der Waals surface area contributed by atoms with Crippen molar-refractivity contribution < 1.29 is 4.79 Å². The van der Waals surface area contributed by atoms with Gasteiger partial charge in [-0.1, -0.05) is 29.8 Å². The van der Waals surface area contributed by atoms with Gasteiger partial charge in [0.1, 0.15) is 0 Å². The Kier molecular flexibility index (Phi) is 5.31. The summed E-state index contributed by atoms with van der Waals surface area (Å²) in [5, 5.41) is 1.02. The van der Waals surface area contributed by atoms with Crippen molar-refractivity contribution in [3.05, 3.63) is 39.7 Å². The zero-order valence-electron chi connectivity index (χ0n) is 14.7. The number of thiazole rings is 1. The van der Waals surface area contributed by atoms with Gasteiger partial charge in [-0.3, -0.25) is 4.79 Å². The van der Waals surface area contributed by atoms with Crippen molar-refractivity contribution >= 4 is 17.2 Å². The summed E-state index contributed by atoms with van der Waals surface area (Å²) in [5.74, 6) is 0.224. The molecule has 1 amide bonds. The van der Waals surface area contributed by atoms with E-state index >= 15 is 0 Å². The summed E-state index contributed by atoms with van der Waals surface area (Å²) in [6.07, 6.45) is 1.51. The second kappa shape index (κ2) is 7.45. The van der Waals surface area contributed by atoms with Crippen molar-refractivity contribution in [2.24, 2.45) is 0 Å². The van der Waals surface area contributed by atoms with E-state index in [0.29, 0.717) is 6.42 Å². The molecule has 0 atom stereocenters. The van der Waals surface area contributed by atoms with E-state index in [-0.39, 0.29) is 5.91 Å². The Labute approximate surface area is 148 Å². The Morgan fingerprint density at radius 1 is 1.12 bits per heavy atom.